The van der Waals surface area contributed by atoms with Crippen LogP contribution in [0.1, 0.15) is 6.92 Å². The Labute approximate surface area is 116 Å². The third-order valence-corrected chi connectivity index (χ3v) is 3.88. The fraction of sp³-hybridized carbons (Fsp3) is 0.400. The van der Waals surface area contributed by atoms with Crippen LogP contribution in [0.2, 0.25) is 0 Å². The Morgan fingerprint density at radius 1 is 1.59 bits per heavy atom. The van der Waals surface area contributed by atoms with Gasteiger partial charge in [0, 0.05) is 40.6 Å². The molecule has 2 unspecified atom stereocenters. The summed E-state index contributed by atoms with van der Waals surface area (Å²) in [6.45, 7) is 1.93. The van der Waals surface area contributed by atoms with Crippen LogP contribution < -0.4 is 5.32 Å². The van der Waals surface area contributed by atoms with Gasteiger partial charge in [-0.25, -0.2) is 0 Å². The molecule has 2 atom stereocenters. The maximum atomic E-state index is 11.0. The number of hydrogen-bond acceptors (Lipinski definition) is 4. The lowest BCUT2D eigenvalue weighted by Crippen LogP contribution is -2.22. The van der Waals surface area contributed by atoms with Gasteiger partial charge in [-0.1, -0.05) is 0 Å². The molecule has 17 heavy (non-hydrogen) atoms. The van der Waals surface area contributed by atoms with Crippen LogP contribution in [0.4, 0.5) is 11.4 Å². The maximum Gasteiger partial charge on any atom is 0.282 e. The maximum absolute atomic E-state index is 11.0. The standard InChI is InChI=1S/C10H13IN2O3S/c1-7(6-17(2)16)12-8-3-4-10(13(14)15)9(11)5-8/h3-5,7,12H,6H2,1-2H3. The summed E-state index contributed by atoms with van der Waals surface area (Å²) in [5.41, 5.74) is 0.904. The molecule has 0 saturated carbocycles. The van der Waals surface area contributed by atoms with Gasteiger partial charge >= 0.3 is 0 Å². The number of anilines is 1. The van der Waals surface area contributed by atoms with Crippen molar-refractivity contribution >= 4 is 44.8 Å². The molecule has 1 aromatic carbocycles. The Morgan fingerprint density at radius 3 is 2.71 bits per heavy atom. The van der Waals surface area contributed by atoms with Crippen molar-refractivity contribution in [1.82, 2.24) is 0 Å². The summed E-state index contributed by atoms with van der Waals surface area (Å²) in [7, 11) is -0.859. The molecule has 0 spiro atoms. The molecule has 0 radical (unpaired) electrons. The van der Waals surface area contributed by atoms with Crippen LogP contribution in [0, 0.1) is 13.7 Å². The molecular weight excluding hydrogens is 355 g/mol. The van der Waals surface area contributed by atoms with Gasteiger partial charge < -0.3 is 5.32 Å². The first-order chi connectivity index (χ1) is 7.90. The number of benzene rings is 1. The van der Waals surface area contributed by atoms with E-state index >= 15 is 0 Å². The van der Waals surface area contributed by atoms with Crippen LogP contribution in [0.5, 0.6) is 0 Å². The zero-order chi connectivity index (χ0) is 13.0. The molecule has 0 amide bonds. The highest BCUT2D eigenvalue weighted by atomic mass is 127. The Bertz CT molecular complexity index is 453. The summed E-state index contributed by atoms with van der Waals surface area (Å²) >= 11 is 1.93. The summed E-state index contributed by atoms with van der Waals surface area (Å²) in [5, 5.41) is 13.8. The second kappa shape index (κ2) is 6.29. The SMILES string of the molecule is CC(CS(C)=O)Nc1ccc([N+](=O)[O-])c(I)c1. The smallest absolute Gasteiger partial charge is 0.282 e. The predicted octanol–water partition coefficient (Wildman–Crippen LogP) is 2.38. The molecule has 0 bridgehead atoms. The van der Waals surface area contributed by atoms with E-state index in [1.165, 1.54) is 6.07 Å². The first-order valence-corrected chi connectivity index (χ1v) is 7.71. The van der Waals surface area contributed by atoms with Gasteiger partial charge in [-0.15, -0.1) is 0 Å². The lowest BCUT2D eigenvalue weighted by Gasteiger charge is -2.13. The van der Waals surface area contributed by atoms with Gasteiger partial charge in [0.05, 0.1) is 8.49 Å². The number of nitrogens with one attached hydrogen (secondary N) is 1. The third-order valence-electron chi connectivity index (χ3n) is 2.04. The molecule has 0 fully saturated rings. The predicted molar refractivity (Wildman–Crippen MR) is 77.8 cm³/mol. The number of nitro benzene ring substituents is 1. The molecule has 1 rings (SSSR count). The molecule has 0 heterocycles. The Kier molecular flexibility index (Phi) is 5.31. The van der Waals surface area contributed by atoms with Gasteiger partial charge in [0.2, 0.25) is 0 Å². The molecule has 1 aromatic rings. The van der Waals surface area contributed by atoms with Crippen LogP contribution in [0.25, 0.3) is 0 Å². The van der Waals surface area contributed by atoms with E-state index in [-0.39, 0.29) is 11.7 Å². The highest BCUT2D eigenvalue weighted by Crippen LogP contribution is 2.24. The summed E-state index contributed by atoms with van der Waals surface area (Å²) < 4.78 is 11.6. The Morgan fingerprint density at radius 2 is 2.24 bits per heavy atom. The van der Waals surface area contributed by atoms with Crippen LogP contribution >= 0.6 is 22.6 Å². The number of rotatable bonds is 5. The largest absolute Gasteiger partial charge is 0.382 e. The van der Waals surface area contributed by atoms with Crippen molar-refractivity contribution in [2.45, 2.75) is 13.0 Å². The molecule has 0 aliphatic rings. The molecule has 0 saturated heterocycles. The number of halogens is 1. The molecule has 1 N–H and O–H groups in total. The fourth-order valence-electron chi connectivity index (χ4n) is 1.42. The van der Waals surface area contributed by atoms with E-state index in [0.29, 0.717) is 9.32 Å². The van der Waals surface area contributed by atoms with Gasteiger partial charge in [-0.2, -0.15) is 0 Å². The van der Waals surface area contributed by atoms with E-state index in [4.69, 9.17) is 0 Å². The normalized spacial score (nSPS) is 14.1. The molecule has 5 nitrogen and oxygen atoms in total. The molecule has 0 aliphatic heterocycles. The minimum Gasteiger partial charge on any atom is -0.382 e. The Hall–Kier alpha value is -0.700. The van der Waals surface area contributed by atoms with E-state index < -0.39 is 15.7 Å². The van der Waals surface area contributed by atoms with Crippen molar-refractivity contribution in [1.29, 1.82) is 0 Å². The van der Waals surface area contributed by atoms with E-state index in [2.05, 4.69) is 5.32 Å². The van der Waals surface area contributed by atoms with Crippen molar-refractivity contribution in [3.05, 3.63) is 31.9 Å². The average molecular weight is 368 g/mol. The second-order valence-corrected chi connectivity index (χ2v) is 6.35. The zero-order valence-corrected chi connectivity index (χ0v) is 12.4. The first-order valence-electron chi connectivity index (χ1n) is 4.90. The quantitative estimate of drug-likeness (QED) is 0.492. The third kappa shape index (κ3) is 4.58. The molecule has 0 aromatic heterocycles. The number of hydrogen-bond donors (Lipinski definition) is 1. The van der Waals surface area contributed by atoms with Crippen LogP contribution in [0.3, 0.4) is 0 Å². The van der Waals surface area contributed by atoms with Gasteiger partial charge in [0.15, 0.2) is 0 Å². The van der Waals surface area contributed by atoms with Crippen molar-refractivity contribution in [3.8, 4) is 0 Å². The number of nitrogens with zero attached hydrogens (tertiary/aromatic N) is 1. The first kappa shape index (κ1) is 14.4. The van der Waals surface area contributed by atoms with Gasteiger partial charge in [-0.05, 0) is 41.6 Å². The minimum absolute atomic E-state index is 0.0677. The van der Waals surface area contributed by atoms with Gasteiger partial charge in [-0.3, -0.25) is 14.3 Å². The summed E-state index contributed by atoms with van der Waals surface area (Å²) in [6, 6.07) is 4.92. The topological polar surface area (TPSA) is 72.2 Å². The van der Waals surface area contributed by atoms with Crippen molar-refractivity contribution in [2.24, 2.45) is 0 Å². The molecule has 0 aliphatic carbocycles. The van der Waals surface area contributed by atoms with Crippen molar-refractivity contribution in [3.63, 3.8) is 0 Å². The fourth-order valence-corrected chi connectivity index (χ4v) is 2.92. The molecular formula is C10H13IN2O3S. The highest BCUT2D eigenvalue weighted by molar-refractivity contribution is 14.1. The molecule has 94 valence electrons. The number of nitro groups is 1. The summed E-state index contributed by atoms with van der Waals surface area (Å²) in [6.07, 6.45) is 1.65. The highest BCUT2D eigenvalue weighted by Gasteiger charge is 2.12. The lowest BCUT2D eigenvalue weighted by molar-refractivity contribution is -0.385. The Balaban J connectivity index is 2.77. The molecule has 7 heteroatoms. The van der Waals surface area contributed by atoms with Gasteiger partial charge in [0.1, 0.15) is 0 Å². The van der Waals surface area contributed by atoms with Crippen LogP contribution in [-0.4, -0.2) is 27.2 Å². The van der Waals surface area contributed by atoms with Gasteiger partial charge in [0.25, 0.3) is 5.69 Å². The van der Waals surface area contributed by atoms with Crippen molar-refractivity contribution < 1.29 is 9.13 Å². The average Bonchev–Trinajstić information content (AvgIpc) is 2.15. The van der Waals surface area contributed by atoms with Crippen LogP contribution in [-0.2, 0) is 10.8 Å². The second-order valence-electron chi connectivity index (χ2n) is 3.71. The summed E-state index contributed by atoms with van der Waals surface area (Å²) in [5.74, 6) is 0.549. The van der Waals surface area contributed by atoms with Crippen LogP contribution in [0.15, 0.2) is 18.2 Å². The van der Waals surface area contributed by atoms with E-state index in [0.717, 1.165) is 5.69 Å². The van der Waals surface area contributed by atoms with E-state index in [1.807, 2.05) is 29.5 Å². The van der Waals surface area contributed by atoms with Crippen molar-refractivity contribution in [2.75, 3.05) is 17.3 Å². The minimum atomic E-state index is -0.859. The monoisotopic (exact) mass is 368 g/mol. The van der Waals surface area contributed by atoms with E-state index in [9.17, 15) is 14.3 Å². The summed E-state index contributed by atoms with van der Waals surface area (Å²) in [4.78, 5) is 10.2. The van der Waals surface area contributed by atoms with E-state index in [1.54, 1.807) is 18.4 Å². The lowest BCUT2D eigenvalue weighted by atomic mass is 10.2. The zero-order valence-electron chi connectivity index (χ0n) is 9.47.